The lowest BCUT2D eigenvalue weighted by molar-refractivity contribution is -0.132. The second kappa shape index (κ2) is 6.63. The van der Waals surface area contributed by atoms with Crippen molar-refractivity contribution < 1.29 is 9.59 Å². The van der Waals surface area contributed by atoms with Gasteiger partial charge in [0.05, 0.1) is 6.42 Å². The van der Waals surface area contributed by atoms with E-state index < -0.39 is 0 Å². The monoisotopic (exact) mass is 351 g/mol. The molecule has 2 heterocycles. The largest absolute Gasteiger partial charge is 0.361 e. The van der Waals surface area contributed by atoms with Gasteiger partial charge in [0.25, 0.3) is 0 Å². The maximum Gasteiger partial charge on any atom is 0.226 e. The lowest BCUT2D eigenvalue weighted by atomic mass is 9.70. The second-order valence-electron chi connectivity index (χ2n) is 7.53. The lowest BCUT2D eigenvalue weighted by Gasteiger charge is -2.46. The molecule has 1 saturated heterocycles. The number of allylic oxidation sites excluding steroid dienone is 1. The molecule has 2 N–H and O–H groups in total. The summed E-state index contributed by atoms with van der Waals surface area (Å²) in [5, 5.41) is 4.25. The molecule has 2 amide bonds. The Morgan fingerprint density at radius 2 is 2.15 bits per heavy atom. The Morgan fingerprint density at radius 3 is 3.04 bits per heavy atom. The van der Waals surface area contributed by atoms with Crippen LogP contribution in [0, 0.1) is 5.41 Å². The first-order valence-corrected chi connectivity index (χ1v) is 9.38. The molecule has 0 spiro atoms. The number of amides is 2. The van der Waals surface area contributed by atoms with E-state index in [0.717, 1.165) is 47.8 Å². The number of aromatic amines is 1. The van der Waals surface area contributed by atoms with Gasteiger partial charge in [0.2, 0.25) is 11.8 Å². The van der Waals surface area contributed by atoms with Crippen LogP contribution in [0.1, 0.15) is 37.7 Å². The zero-order valence-corrected chi connectivity index (χ0v) is 15.2. The van der Waals surface area contributed by atoms with Crippen molar-refractivity contribution in [3.05, 3.63) is 47.8 Å². The lowest BCUT2D eigenvalue weighted by Crippen LogP contribution is -2.49. The fourth-order valence-corrected chi connectivity index (χ4v) is 4.47. The van der Waals surface area contributed by atoms with E-state index in [9.17, 15) is 9.59 Å². The Balaban J connectivity index is 1.46. The van der Waals surface area contributed by atoms with Crippen LogP contribution in [0.3, 0.4) is 0 Å². The molecule has 1 atom stereocenters. The first-order valence-electron chi connectivity index (χ1n) is 9.38. The second-order valence-corrected chi connectivity index (χ2v) is 7.53. The Labute approximate surface area is 153 Å². The minimum atomic E-state index is -0.0865. The van der Waals surface area contributed by atoms with E-state index in [4.69, 9.17) is 0 Å². The van der Waals surface area contributed by atoms with Crippen LogP contribution in [-0.2, 0) is 16.0 Å². The van der Waals surface area contributed by atoms with Crippen molar-refractivity contribution >= 4 is 22.7 Å². The zero-order valence-electron chi connectivity index (χ0n) is 15.2. The standard InChI is InChI=1S/C21H25N3O2/c1-24-18-8-4-5-10-21(18,11-9-20(24)26)14-23-19(25)12-15-13-22-17-7-3-2-6-16(15)17/h2-3,6-8,13,22H,4-5,9-12,14H2,1H3,(H,23,25). The van der Waals surface area contributed by atoms with E-state index >= 15 is 0 Å². The molecule has 2 aliphatic rings. The Kier molecular flexibility index (Phi) is 4.31. The average Bonchev–Trinajstić information content (AvgIpc) is 3.07. The first kappa shape index (κ1) is 16.9. The van der Waals surface area contributed by atoms with Gasteiger partial charge in [-0.05, 0) is 37.3 Å². The third-order valence-electron chi connectivity index (χ3n) is 5.94. The Hall–Kier alpha value is -2.56. The number of rotatable bonds is 4. The number of hydrogen-bond donors (Lipinski definition) is 2. The molecule has 26 heavy (non-hydrogen) atoms. The highest BCUT2D eigenvalue weighted by atomic mass is 16.2. The number of carbonyl (C=O) groups is 2. The summed E-state index contributed by atoms with van der Waals surface area (Å²) >= 11 is 0. The van der Waals surface area contributed by atoms with E-state index in [1.807, 2.05) is 37.5 Å². The average molecular weight is 351 g/mol. The maximum atomic E-state index is 12.6. The molecule has 5 nitrogen and oxygen atoms in total. The van der Waals surface area contributed by atoms with Gasteiger partial charge >= 0.3 is 0 Å². The van der Waals surface area contributed by atoms with Crippen molar-refractivity contribution in [3.63, 3.8) is 0 Å². The number of H-pyrrole nitrogens is 1. The Morgan fingerprint density at radius 1 is 1.31 bits per heavy atom. The molecular weight excluding hydrogens is 326 g/mol. The molecule has 5 heteroatoms. The summed E-state index contributed by atoms with van der Waals surface area (Å²) in [6.07, 6.45) is 9.02. The van der Waals surface area contributed by atoms with Gasteiger partial charge in [-0.2, -0.15) is 0 Å². The summed E-state index contributed by atoms with van der Waals surface area (Å²) in [5.41, 5.74) is 3.09. The third-order valence-corrected chi connectivity index (χ3v) is 5.94. The van der Waals surface area contributed by atoms with E-state index in [1.165, 1.54) is 0 Å². The van der Waals surface area contributed by atoms with E-state index in [1.54, 1.807) is 4.90 Å². The summed E-state index contributed by atoms with van der Waals surface area (Å²) < 4.78 is 0. The number of likely N-dealkylation sites (tertiary alicyclic amines) is 1. The smallest absolute Gasteiger partial charge is 0.226 e. The number of piperidine rings is 1. The van der Waals surface area contributed by atoms with Gasteiger partial charge in [-0.15, -0.1) is 0 Å². The van der Waals surface area contributed by atoms with E-state index in [2.05, 4.69) is 16.4 Å². The third kappa shape index (κ3) is 2.91. The SMILES string of the molecule is CN1C(=O)CCC2(CNC(=O)Cc3c[nH]c4ccccc34)CCCC=C12. The van der Waals surface area contributed by atoms with E-state index in [0.29, 0.717) is 19.4 Å². The van der Waals surface area contributed by atoms with Crippen LogP contribution < -0.4 is 5.32 Å². The molecule has 136 valence electrons. The van der Waals surface area contributed by atoms with Gasteiger partial charge in [-0.25, -0.2) is 0 Å². The molecule has 1 aromatic heterocycles. The predicted molar refractivity (Wildman–Crippen MR) is 101 cm³/mol. The topological polar surface area (TPSA) is 65.2 Å². The van der Waals surface area contributed by atoms with Crippen molar-refractivity contribution in [2.75, 3.05) is 13.6 Å². The fraction of sp³-hybridized carbons (Fsp3) is 0.429. The molecule has 1 aromatic carbocycles. The van der Waals surface area contributed by atoms with Gasteiger partial charge < -0.3 is 15.2 Å². The zero-order chi connectivity index (χ0) is 18.1. The van der Waals surface area contributed by atoms with Crippen LogP contribution in [-0.4, -0.2) is 35.3 Å². The molecule has 0 bridgehead atoms. The molecule has 2 aromatic rings. The molecule has 0 radical (unpaired) electrons. The highest BCUT2D eigenvalue weighted by Gasteiger charge is 2.43. The minimum Gasteiger partial charge on any atom is -0.361 e. The molecular formula is C21H25N3O2. The number of carbonyl (C=O) groups excluding carboxylic acids is 2. The molecule has 1 unspecified atom stereocenters. The molecule has 1 fully saturated rings. The van der Waals surface area contributed by atoms with Crippen LogP contribution in [0.15, 0.2) is 42.2 Å². The summed E-state index contributed by atoms with van der Waals surface area (Å²) in [6, 6.07) is 8.03. The van der Waals surface area contributed by atoms with Gasteiger partial charge in [0.1, 0.15) is 0 Å². The van der Waals surface area contributed by atoms with Gasteiger partial charge in [-0.1, -0.05) is 24.3 Å². The van der Waals surface area contributed by atoms with Crippen LogP contribution in [0.25, 0.3) is 10.9 Å². The summed E-state index contributed by atoms with van der Waals surface area (Å²) in [4.78, 5) is 29.7. The highest BCUT2D eigenvalue weighted by Crippen LogP contribution is 2.45. The van der Waals surface area contributed by atoms with Crippen molar-refractivity contribution in [1.82, 2.24) is 15.2 Å². The number of benzene rings is 1. The number of nitrogens with zero attached hydrogens (tertiary/aromatic N) is 1. The number of para-hydroxylation sites is 1. The first-order chi connectivity index (χ1) is 12.6. The maximum absolute atomic E-state index is 12.6. The highest BCUT2D eigenvalue weighted by molar-refractivity contribution is 5.89. The van der Waals surface area contributed by atoms with Gasteiger partial charge in [0.15, 0.2) is 0 Å². The minimum absolute atomic E-state index is 0.0357. The summed E-state index contributed by atoms with van der Waals surface area (Å²) in [6.45, 7) is 0.609. The Bertz CT molecular complexity index is 882. The van der Waals surface area contributed by atoms with Crippen LogP contribution >= 0.6 is 0 Å². The van der Waals surface area contributed by atoms with Crippen molar-refractivity contribution in [2.45, 2.75) is 38.5 Å². The number of fused-ring (bicyclic) bond motifs is 2. The quantitative estimate of drug-likeness (QED) is 0.889. The van der Waals surface area contributed by atoms with E-state index in [-0.39, 0.29) is 17.2 Å². The summed E-state index contributed by atoms with van der Waals surface area (Å²) in [5.74, 6) is 0.215. The number of nitrogens with one attached hydrogen (secondary N) is 2. The van der Waals surface area contributed by atoms with Crippen molar-refractivity contribution in [1.29, 1.82) is 0 Å². The number of aromatic nitrogens is 1. The van der Waals surface area contributed by atoms with Crippen molar-refractivity contribution in [2.24, 2.45) is 5.41 Å². The molecule has 1 aliphatic carbocycles. The molecule has 1 aliphatic heterocycles. The van der Waals surface area contributed by atoms with Crippen LogP contribution in [0.4, 0.5) is 0 Å². The van der Waals surface area contributed by atoms with Crippen LogP contribution in [0.2, 0.25) is 0 Å². The molecule has 4 rings (SSSR count). The normalized spacial score (nSPS) is 22.9. The number of hydrogen-bond acceptors (Lipinski definition) is 2. The van der Waals surface area contributed by atoms with Crippen LogP contribution in [0.5, 0.6) is 0 Å². The fourth-order valence-electron chi connectivity index (χ4n) is 4.47. The molecule has 0 saturated carbocycles. The van der Waals surface area contributed by atoms with Gasteiger partial charge in [0, 0.05) is 48.2 Å². The van der Waals surface area contributed by atoms with Crippen molar-refractivity contribution in [3.8, 4) is 0 Å². The predicted octanol–water partition coefficient (Wildman–Crippen LogP) is 3.13. The van der Waals surface area contributed by atoms with Gasteiger partial charge in [-0.3, -0.25) is 9.59 Å². The summed E-state index contributed by atoms with van der Waals surface area (Å²) in [7, 11) is 1.86.